The molecule has 0 radical (unpaired) electrons. The van der Waals surface area contributed by atoms with Crippen LogP contribution in [0.3, 0.4) is 0 Å². The summed E-state index contributed by atoms with van der Waals surface area (Å²) in [6, 6.07) is 45.2. The fourth-order valence-corrected chi connectivity index (χ4v) is 8.01. The minimum absolute atomic E-state index is 0.144. The summed E-state index contributed by atoms with van der Waals surface area (Å²) in [7, 11) is 1.71. The Hall–Kier alpha value is -4.81. The van der Waals surface area contributed by atoms with Crippen molar-refractivity contribution in [2.75, 3.05) is 13.7 Å². The number of aliphatic hydroxyl groups is 1. The fourth-order valence-electron chi connectivity index (χ4n) is 7.47. The number of ether oxygens (including phenoxy) is 1. The van der Waals surface area contributed by atoms with E-state index in [0.717, 1.165) is 34.7 Å². The second-order valence-corrected chi connectivity index (χ2v) is 21.3. The van der Waals surface area contributed by atoms with E-state index in [4.69, 9.17) is 21.4 Å². The number of Topliss-reactive ketones (excluding diaryl/α,β-unsaturated/α-hetero) is 2. The van der Waals surface area contributed by atoms with E-state index in [-0.39, 0.29) is 11.6 Å². The van der Waals surface area contributed by atoms with Crippen LogP contribution in [-0.4, -0.2) is 30.4 Å². The first kappa shape index (κ1) is 92.3. The molecule has 0 aliphatic rings. The summed E-state index contributed by atoms with van der Waals surface area (Å²) >= 11 is 9.22. The maximum Gasteiger partial charge on any atom is 0.188 e. The molecule has 6 rings (SSSR count). The number of hydrogen-bond donors (Lipinski definition) is 1. The first-order valence-corrected chi connectivity index (χ1v) is 34.4. The zero-order valence-corrected chi connectivity index (χ0v) is 62.9. The number of hydrogen-bond acceptors (Lipinski definition) is 4. The molecule has 6 unspecified atom stereocenters. The normalized spacial score (nSPS) is 11.4. The molecule has 6 atom stereocenters. The average Bonchev–Trinajstić information content (AvgIpc) is 3.77. The summed E-state index contributed by atoms with van der Waals surface area (Å²) in [4.78, 5) is 22.3. The Morgan fingerprint density at radius 2 is 0.733 bits per heavy atom. The van der Waals surface area contributed by atoms with Gasteiger partial charge in [0.15, 0.2) is 11.6 Å². The van der Waals surface area contributed by atoms with Gasteiger partial charge in [-0.15, -0.1) is 0 Å². The number of aliphatic hydroxyl groups excluding tert-OH is 1. The van der Waals surface area contributed by atoms with Crippen LogP contribution >= 0.6 is 27.5 Å². The van der Waals surface area contributed by atoms with Crippen LogP contribution in [0.15, 0.2) is 138 Å². The van der Waals surface area contributed by atoms with Crippen LogP contribution in [-0.2, 0) is 0 Å². The van der Waals surface area contributed by atoms with Gasteiger partial charge in [-0.3, -0.25) is 9.59 Å². The van der Waals surface area contributed by atoms with Gasteiger partial charge in [-0.1, -0.05) is 285 Å². The van der Waals surface area contributed by atoms with E-state index in [9.17, 15) is 9.59 Å². The zero-order chi connectivity index (χ0) is 67.9. The van der Waals surface area contributed by atoms with Crippen molar-refractivity contribution in [1.29, 1.82) is 0 Å². The molecule has 0 fully saturated rings. The van der Waals surface area contributed by atoms with Crippen molar-refractivity contribution >= 4 is 39.1 Å². The fraction of sp³-hybridized carbons (Fsp3) is 0.525. The van der Waals surface area contributed by atoms with Gasteiger partial charge in [0.25, 0.3) is 0 Å². The molecule has 0 saturated carbocycles. The predicted octanol–water partition coefficient (Wildman–Crippen LogP) is 27.1. The van der Waals surface area contributed by atoms with Gasteiger partial charge in [0, 0.05) is 20.6 Å². The molecule has 0 spiro atoms. The van der Waals surface area contributed by atoms with Gasteiger partial charge >= 0.3 is 0 Å². The molecule has 6 aromatic carbocycles. The molecular formula is C80H130BrClO4. The Kier molecular flexibility index (Phi) is 64.9. The van der Waals surface area contributed by atoms with Crippen molar-refractivity contribution in [1.82, 2.24) is 0 Å². The number of aryl methyl sites for hydroxylation is 3. The maximum absolute atomic E-state index is 11.2. The Morgan fingerprint density at radius 1 is 0.419 bits per heavy atom. The molecule has 0 amide bonds. The van der Waals surface area contributed by atoms with Gasteiger partial charge < -0.3 is 9.84 Å². The van der Waals surface area contributed by atoms with Gasteiger partial charge in [-0.05, 0) is 194 Å². The van der Waals surface area contributed by atoms with Crippen LogP contribution in [0.5, 0.6) is 5.75 Å². The second-order valence-electron chi connectivity index (χ2n) is 19.9. The Balaban J connectivity index is -0.000000216. The average molecular weight is 1270 g/mol. The van der Waals surface area contributed by atoms with Crippen LogP contribution < -0.4 is 4.74 Å². The van der Waals surface area contributed by atoms with Crippen molar-refractivity contribution < 1.29 is 19.4 Å². The summed E-state index contributed by atoms with van der Waals surface area (Å²) in [5.41, 5.74) is 13.5. The number of carbonyl (C=O) groups is 2. The van der Waals surface area contributed by atoms with E-state index in [2.05, 4.69) is 199 Å². The summed E-state index contributed by atoms with van der Waals surface area (Å²) < 4.78 is 6.39. The third kappa shape index (κ3) is 40.6. The van der Waals surface area contributed by atoms with Crippen LogP contribution in [0.2, 0.25) is 5.02 Å². The highest BCUT2D eigenvalue weighted by molar-refractivity contribution is 9.10. The van der Waals surface area contributed by atoms with E-state index < -0.39 is 6.61 Å². The lowest BCUT2D eigenvalue weighted by molar-refractivity contribution is 0.0903. The topological polar surface area (TPSA) is 63.6 Å². The predicted molar refractivity (Wildman–Crippen MR) is 394 cm³/mol. The number of methoxy groups -OCH3 is 1. The molecular weight excluding hydrogens is 1140 g/mol. The van der Waals surface area contributed by atoms with Gasteiger partial charge in [0.1, 0.15) is 12.4 Å². The number of ketones is 2. The minimum atomic E-state index is -0.413. The molecule has 0 aliphatic heterocycles. The van der Waals surface area contributed by atoms with E-state index in [1.807, 2.05) is 132 Å². The third-order valence-corrected chi connectivity index (χ3v) is 15.1. The monoisotopic (exact) mass is 1270 g/mol. The number of carbonyl (C=O) groups excluding carboxylic acids is 2. The number of halogens is 2. The molecule has 0 saturated heterocycles. The minimum Gasteiger partial charge on any atom is -0.496 e. The van der Waals surface area contributed by atoms with Crippen molar-refractivity contribution in [2.45, 2.75) is 268 Å². The second kappa shape index (κ2) is 60.5. The Bertz CT molecular complexity index is 2510. The van der Waals surface area contributed by atoms with E-state index in [0.29, 0.717) is 41.1 Å². The van der Waals surface area contributed by atoms with Gasteiger partial charge in [0.05, 0.1) is 7.11 Å². The Labute approximate surface area is 546 Å². The molecule has 6 aromatic rings. The first-order chi connectivity index (χ1) is 41.1. The Morgan fingerprint density at radius 3 is 1.07 bits per heavy atom. The van der Waals surface area contributed by atoms with Crippen LogP contribution in [0.4, 0.5) is 0 Å². The molecule has 6 heteroatoms. The number of rotatable bonds is 16. The van der Waals surface area contributed by atoms with E-state index in [1.54, 1.807) is 20.1 Å². The highest BCUT2D eigenvalue weighted by atomic mass is 79.9. The van der Waals surface area contributed by atoms with E-state index in [1.165, 1.54) is 74.7 Å². The summed E-state index contributed by atoms with van der Waals surface area (Å²) in [6.07, 6.45) is 6.96. The summed E-state index contributed by atoms with van der Waals surface area (Å²) in [5.74, 6) is 4.57. The largest absolute Gasteiger partial charge is 0.496 e. The molecule has 0 bridgehead atoms. The van der Waals surface area contributed by atoms with E-state index >= 15 is 0 Å². The first-order valence-electron chi connectivity index (χ1n) is 33.2. The molecule has 86 heavy (non-hydrogen) atoms. The highest BCUT2D eigenvalue weighted by Crippen LogP contribution is 2.27. The number of benzene rings is 6. The quantitative estimate of drug-likeness (QED) is 0.0981. The molecule has 0 aliphatic carbocycles. The standard InChI is InChI=1S/C12H16O2.C12H18O.C12H16O.C12H18.C10H13Br.C10H13Cl.6C2H6/c1-3-9(2)10-5-4-6-11(7-10)12(14)8-13;1-5-9(2)11-6-7-12(13-4)10(3)8-11;1-4-9(2)11-6-5-7-12(8-11)10(3)13;1-5-9(2)12-7-6-10(3)11(4)8-12;1-3-8(2)9-5-4-6-10(11)7-9;1-3-8(2)9-4-6-10(11)7-5-9;6*1-2/h4-7,9,13H,3,8H2,1-2H3;6-9H,5H2,1-4H3;5-9H,4H2,1-3H3;6-9H,5H2,1-4H3;2*4-8H,3H2,1-2H3;6*1-2H3. The molecule has 488 valence electrons. The smallest absolute Gasteiger partial charge is 0.188 e. The lowest BCUT2D eigenvalue weighted by atomic mass is 9.95. The maximum atomic E-state index is 11.2. The molecule has 1 N–H and O–H groups in total. The van der Waals surface area contributed by atoms with Crippen LogP contribution in [0.1, 0.15) is 318 Å². The van der Waals surface area contributed by atoms with Crippen molar-refractivity contribution in [2.24, 2.45) is 0 Å². The lowest BCUT2D eigenvalue weighted by Gasteiger charge is -2.11. The zero-order valence-electron chi connectivity index (χ0n) is 60.5. The van der Waals surface area contributed by atoms with Gasteiger partial charge in [-0.25, -0.2) is 0 Å². The lowest BCUT2D eigenvalue weighted by Crippen LogP contribution is -2.05. The molecule has 0 heterocycles. The van der Waals surface area contributed by atoms with Gasteiger partial charge in [-0.2, -0.15) is 0 Å². The molecule has 4 nitrogen and oxygen atoms in total. The highest BCUT2D eigenvalue weighted by Gasteiger charge is 2.10. The van der Waals surface area contributed by atoms with Crippen LogP contribution in [0.25, 0.3) is 0 Å². The molecule has 0 aromatic heterocycles. The summed E-state index contributed by atoms with van der Waals surface area (Å²) in [5, 5.41) is 9.54. The summed E-state index contributed by atoms with van der Waals surface area (Å²) in [6.45, 7) is 58.1. The van der Waals surface area contributed by atoms with Gasteiger partial charge in [0.2, 0.25) is 0 Å². The SMILES string of the molecule is CC.CC.CC.CC.CC.CC.CCC(C)c1ccc(C)c(C)c1.CCC(C)c1ccc(Cl)cc1.CCC(C)c1ccc(OC)c(C)c1.CCC(C)c1cccc(Br)c1.CCC(C)c1cccc(C(=O)CO)c1.CCC(C)c1cccc(C(C)=O)c1. The van der Waals surface area contributed by atoms with Crippen molar-refractivity contribution in [3.05, 3.63) is 204 Å². The third-order valence-electron chi connectivity index (χ3n) is 14.4. The van der Waals surface area contributed by atoms with Crippen molar-refractivity contribution in [3.63, 3.8) is 0 Å². The van der Waals surface area contributed by atoms with Crippen LogP contribution in [0, 0.1) is 20.8 Å². The van der Waals surface area contributed by atoms with Crippen molar-refractivity contribution in [3.8, 4) is 5.75 Å².